The van der Waals surface area contributed by atoms with Gasteiger partial charge in [0.25, 0.3) is 11.1 Å². The van der Waals surface area contributed by atoms with Gasteiger partial charge in [-0.1, -0.05) is 11.6 Å². The first-order valence-corrected chi connectivity index (χ1v) is 10.0. The van der Waals surface area contributed by atoms with E-state index in [4.69, 9.17) is 21.6 Å². The second kappa shape index (κ2) is 9.10. The van der Waals surface area contributed by atoms with Crippen molar-refractivity contribution < 1.29 is 26.7 Å². The van der Waals surface area contributed by atoms with Gasteiger partial charge in [-0.2, -0.15) is 27.2 Å². The predicted octanol–water partition coefficient (Wildman–Crippen LogP) is 4.27. The molecule has 0 aliphatic carbocycles. The predicted molar refractivity (Wildman–Crippen MR) is 113 cm³/mol. The Hall–Kier alpha value is -3.79. The monoisotopic (exact) mass is 515 g/mol. The lowest BCUT2D eigenvalue weighted by molar-refractivity contribution is -0.291. The normalized spacial score (nSPS) is 11.9. The van der Waals surface area contributed by atoms with Crippen LogP contribution in [-0.4, -0.2) is 25.7 Å². The Labute approximate surface area is 198 Å². The fraction of sp³-hybridized carbons (Fsp3) is 0.286. The first-order valence-electron chi connectivity index (χ1n) is 9.66. The topological polar surface area (TPSA) is 114 Å². The Morgan fingerprint density at radius 1 is 1.14 bits per heavy atom. The van der Waals surface area contributed by atoms with Crippen molar-refractivity contribution in [1.29, 1.82) is 5.26 Å². The molecule has 0 aliphatic rings. The van der Waals surface area contributed by atoms with Crippen molar-refractivity contribution in [3.05, 3.63) is 78.1 Å². The number of nitrogens with zero attached hydrogens (tertiary/aromatic N) is 4. The fourth-order valence-electron chi connectivity index (χ4n) is 3.17. The van der Waals surface area contributed by atoms with E-state index in [2.05, 4.69) is 15.0 Å². The van der Waals surface area contributed by atoms with Gasteiger partial charge < -0.3 is 9.72 Å². The highest BCUT2D eigenvalue weighted by molar-refractivity contribution is 6.32. The molecule has 0 bridgehead atoms. The molecular formula is C21H15ClF5N5O3. The summed E-state index contributed by atoms with van der Waals surface area (Å²) in [6.07, 6.45) is -5.65. The van der Waals surface area contributed by atoms with Crippen LogP contribution < -0.4 is 15.9 Å². The van der Waals surface area contributed by atoms with Crippen LogP contribution in [0.5, 0.6) is 11.5 Å². The summed E-state index contributed by atoms with van der Waals surface area (Å²) in [7, 11) is 0. The lowest BCUT2D eigenvalue weighted by Crippen LogP contribution is -2.38. The van der Waals surface area contributed by atoms with Crippen LogP contribution in [0.4, 0.5) is 22.0 Å². The second-order valence-electron chi connectivity index (χ2n) is 7.46. The van der Waals surface area contributed by atoms with Crippen LogP contribution >= 0.6 is 11.6 Å². The van der Waals surface area contributed by atoms with Crippen LogP contribution in [0.3, 0.4) is 0 Å². The summed E-state index contributed by atoms with van der Waals surface area (Å²) < 4.78 is 73.9. The van der Waals surface area contributed by atoms with Gasteiger partial charge in [0, 0.05) is 5.69 Å². The maximum atomic E-state index is 14.3. The zero-order valence-electron chi connectivity index (χ0n) is 18.2. The molecule has 0 atom stereocenters. The molecule has 3 rings (SSSR count). The average Bonchev–Trinajstić information content (AvgIpc) is 2.73. The molecule has 0 aliphatic heterocycles. The molecule has 0 unspecified atom stereocenters. The molecule has 0 saturated heterocycles. The number of benzene rings is 1. The number of halogens is 6. The number of aromatic nitrogens is 4. The lowest BCUT2D eigenvalue weighted by atomic mass is 10.1. The molecule has 2 aromatic heterocycles. The molecule has 0 amide bonds. The molecule has 0 spiro atoms. The molecule has 1 aromatic carbocycles. The summed E-state index contributed by atoms with van der Waals surface area (Å²) in [5, 5.41) is 8.71. The molecule has 1 N–H and O–H groups in total. The molecule has 0 radical (unpaired) electrons. The van der Waals surface area contributed by atoms with Crippen LogP contribution in [-0.2, 0) is 12.5 Å². The second-order valence-corrected chi connectivity index (χ2v) is 7.87. The number of nitrogens with one attached hydrogen (secondary N) is 1. The quantitative estimate of drug-likeness (QED) is 0.508. The van der Waals surface area contributed by atoms with E-state index in [-0.39, 0.29) is 33.2 Å². The Morgan fingerprint density at radius 3 is 2.34 bits per heavy atom. The number of ether oxygens (including phenoxy) is 1. The van der Waals surface area contributed by atoms with Crippen LogP contribution in [0.25, 0.3) is 0 Å². The number of alkyl halides is 5. The van der Waals surface area contributed by atoms with Crippen LogP contribution in [0.2, 0.25) is 5.02 Å². The summed E-state index contributed by atoms with van der Waals surface area (Å²) in [5.74, 6) is -7.16. The van der Waals surface area contributed by atoms with E-state index < -0.39 is 47.0 Å². The maximum absolute atomic E-state index is 14.3. The minimum absolute atomic E-state index is 0.0478. The van der Waals surface area contributed by atoms with Crippen molar-refractivity contribution in [3.63, 3.8) is 0 Å². The van der Waals surface area contributed by atoms with Crippen molar-refractivity contribution in [1.82, 2.24) is 19.5 Å². The van der Waals surface area contributed by atoms with Gasteiger partial charge in [0.1, 0.15) is 11.6 Å². The summed E-state index contributed by atoms with van der Waals surface area (Å²) in [6, 6.07) is 4.11. The van der Waals surface area contributed by atoms with E-state index in [0.717, 1.165) is 6.07 Å². The Balaban J connectivity index is 2.25. The van der Waals surface area contributed by atoms with Gasteiger partial charge in [-0.25, -0.2) is 9.97 Å². The van der Waals surface area contributed by atoms with Crippen LogP contribution in [0, 0.1) is 32.1 Å². The summed E-state index contributed by atoms with van der Waals surface area (Å²) >= 11 is 6.03. The summed E-state index contributed by atoms with van der Waals surface area (Å²) in [5.41, 5.74) is -3.76. The lowest BCUT2D eigenvalue weighted by Gasteiger charge is -2.22. The zero-order valence-corrected chi connectivity index (χ0v) is 19.0. The molecule has 2 heterocycles. The van der Waals surface area contributed by atoms with E-state index >= 15 is 0 Å². The van der Waals surface area contributed by atoms with Gasteiger partial charge in [0.2, 0.25) is 5.75 Å². The first-order chi connectivity index (χ1) is 16.2. The number of H-pyrrole nitrogens is 1. The van der Waals surface area contributed by atoms with Gasteiger partial charge in [-0.05, 0) is 38.5 Å². The fourth-order valence-corrected chi connectivity index (χ4v) is 3.47. The van der Waals surface area contributed by atoms with Crippen molar-refractivity contribution >= 4 is 11.6 Å². The number of rotatable bonds is 5. The maximum Gasteiger partial charge on any atom is 0.459 e. The molecule has 0 saturated carbocycles. The minimum atomic E-state index is -6.10. The van der Waals surface area contributed by atoms with Crippen molar-refractivity contribution in [2.45, 2.75) is 39.4 Å². The van der Waals surface area contributed by atoms with Gasteiger partial charge in [-0.3, -0.25) is 14.2 Å². The molecule has 14 heteroatoms. The number of aryl methyl sites for hydroxylation is 3. The standard InChI is InChI=1S/C21H15ClF5N5O3/c1-9-4-12(6-28)5-14(22)15(9)35-16-17(20(23,24)21(25,26)27)29-8-32(19(16)34)7-13-10(2)30-11(3)31-18(13)33/h4-5,8H,7H2,1-3H3,(H,30,31,33). The number of aromatic amines is 1. The van der Waals surface area contributed by atoms with E-state index in [1.54, 1.807) is 6.07 Å². The largest absolute Gasteiger partial charge is 0.459 e. The highest BCUT2D eigenvalue weighted by Crippen LogP contribution is 2.46. The highest BCUT2D eigenvalue weighted by Gasteiger charge is 2.62. The summed E-state index contributed by atoms with van der Waals surface area (Å²) in [4.78, 5) is 35.0. The molecule has 35 heavy (non-hydrogen) atoms. The smallest absolute Gasteiger partial charge is 0.447 e. The molecule has 3 aromatic rings. The molecular weight excluding hydrogens is 501 g/mol. The molecule has 184 valence electrons. The zero-order chi connectivity index (χ0) is 26.3. The minimum Gasteiger partial charge on any atom is -0.447 e. The van der Waals surface area contributed by atoms with Gasteiger partial charge in [0.05, 0.1) is 35.1 Å². The van der Waals surface area contributed by atoms with E-state index in [9.17, 15) is 31.5 Å². The van der Waals surface area contributed by atoms with Crippen LogP contribution in [0.1, 0.15) is 33.9 Å². The molecule has 0 fully saturated rings. The van der Waals surface area contributed by atoms with Crippen LogP contribution in [0.15, 0.2) is 28.0 Å². The SMILES string of the molecule is Cc1nc(C)c(Cn2cnc(C(F)(F)C(F)(F)F)c(Oc3c(C)cc(C#N)cc3Cl)c2=O)c(=O)[nH]1. The van der Waals surface area contributed by atoms with Gasteiger partial charge >= 0.3 is 12.1 Å². The number of nitriles is 1. The van der Waals surface area contributed by atoms with Crippen molar-refractivity contribution in [3.8, 4) is 17.6 Å². The first kappa shape index (κ1) is 25.8. The highest BCUT2D eigenvalue weighted by atomic mass is 35.5. The third-order valence-corrected chi connectivity index (χ3v) is 5.16. The van der Waals surface area contributed by atoms with E-state index in [0.29, 0.717) is 10.9 Å². The van der Waals surface area contributed by atoms with Crippen molar-refractivity contribution in [2.75, 3.05) is 0 Å². The number of hydrogen-bond donors (Lipinski definition) is 1. The van der Waals surface area contributed by atoms with E-state index in [1.807, 2.05) is 0 Å². The molecule has 8 nitrogen and oxygen atoms in total. The Bertz CT molecular complexity index is 1450. The van der Waals surface area contributed by atoms with Gasteiger partial charge in [0.15, 0.2) is 5.69 Å². The van der Waals surface area contributed by atoms with Crippen molar-refractivity contribution in [2.24, 2.45) is 0 Å². The van der Waals surface area contributed by atoms with E-state index in [1.165, 1.54) is 26.8 Å². The third kappa shape index (κ3) is 4.88. The Kier molecular flexibility index (Phi) is 6.72. The average molecular weight is 516 g/mol. The number of hydrogen-bond acceptors (Lipinski definition) is 6. The Morgan fingerprint density at radius 2 is 1.80 bits per heavy atom. The third-order valence-electron chi connectivity index (χ3n) is 4.88. The van der Waals surface area contributed by atoms with Gasteiger partial charge in [-0.15, -0.1) is 0 Å². The summed E-state index contributed by atoms with van der Waals surface area (Å²) in [6.45, 7) is 3.77.